The number of H-pyrrole nitrogens is 1. The van der Waals surface area contributed by atoms with Crippen molar-refractivity contribution in [2.75, 3.05) is 0 Å². The van der Waals surface area contributed by atoms with Crippen LogP contribution >= 0.6 is 0 Å². The third kappa shape index (κ3) is 3.72. The normalized spacial score (nSPS) is 22.4. The summed E-state index contributed by atoms with van der Waals surface area (Å²) in [7, 11) is 2.33. The molecule has 0 aliphatic heterocycles. The van der Waals surface area contributed by atoms with E-state index in [1.165, 1.54) is 89.2 Å². The molecule has 2 nitrogen and oxygen atoms in total. The summed E-state index contributed by atoms with van der Waals surface area (Å²) < 4.78 is 2.57. The van der Waals surface area contributed by atoms with Crippen LogP contribution in [0.25, 0.3) is 33.7 Å². The van der Waals surface area contributed by atoms with Gasteiger partial charge in [-0.2, -0.15) is 0 Å². The summed E-state index contributed by atoms with van der Waals surface area (Å²) in [5.41, 5.74) is 24.6. The van der Waals surface area contributed by atoms with Crippen molar-refractivity contribution in [2.24, 2.45) is 13.0 Å². The minimum Gasteiger partial charge on any atom is -0.357 e. The molecular weight excluding hydrogens is 593 g/mol. The summed E-state index contributed by atoms with van der Waals surface area (Å²) in [6.07, 6.45) is 13.8. The highest BCUT2D eigenvalue weighted by molar-refractivity contribution is 5.89. The molecule has 0 bridgehead atoms. The molecule has 0 radical (unpaired) electrons. The predicted molar refractivity (Wildman–Crippen MR) is 202 cm³/mol. The summed E-state index contributed by atoms with van der Waals surface area (Å²) in [6.45, 7) is 4.84. The lowest BCUT2D eigenvalue weighted by molar-refractivity contribution is 0.725. The van der Waals surface area contributed by atoms with Crippen molar-refractivity contribution in [1.29, 1.82) is 0 Å². The van der Waals surface area contributed by atoms with Gasteiger partial charge in [0, 0.05) is 35.0 Å². The molecule has 49 heavy (non-hydrogen) atoms. The average Bonchev–Trinajstić information content (AvgIpc) is 3.87. The molecule has 2 heterocycles. The number of nitrogens with zero attached hydrogens (tertiary/aromatic N) is 1. The molecule has 5 aliphatic carbocycles. The zero-order chi connectivity index (χ0) is 32.5. The maximum atomic E-state index is 4.08. The van der Waals surface area contributed by atoms with Gasteiger partial charge in [-0.15, -0.1) is 0 Å². The van der Waals surface area contributed by atoms with Crippen LogP contribution in [0.4, 0.5) is 0 Å². The van der Waals surface area contributed by atoms with Gasteiger partial charge in [0.05, 0.1) is 11.8 Å². The van der Waals surface area contributed by atoms with E-state index in [4.69, 9.17) is 0 Å². The maximum absolute atomic E-state index is 4.08. The molecule has 0 spiro atoms. The molecule has 0 saturated heterocycles. The third-order valence-corrected chi connectivity index (χ3v) is 12.7. The van der Waals surface area contributed by atoms with Gasteiger partial charge in [0.25, 0.3) is 0 Å². The molecule has 238 valence electrons. The van der Waals surface area contributed by atoms with Crippen LogP contribution in [-0.2, 0) is 19.9 Å². The molecule has 0 amide bonds. The van der Waals surface area contributed by atoms with Gasteiger partial charge in [-0.05, 0) is 122 Å². The SMILES string of the molecule is CC1CC=CC2=C1c1ccc(C3c4[nH]c5ccccc5c4C(c4ccc5c(c4)Cc4ccccc4-5)c4c3c3c(n4C)C=CCC3C)cc1C2. The first-order valence-electron chi connectivity index (χ1n) is 18.3. The Kier molecular flexibility index (Phi) is 5.67. The van der Waals surface area contributed by atoms with E-state index in [0.717, 1.165) is 25.7 Å². The number of nitrogens with one attached hydrogen (secondary N) is 1. The number of allylic oxidation sites excluding steroid dienone is 5. The molecular formula is C47H40N2. The number of hydrogen-bond acceptors (Lipinski definition) is 0. The molecule has 0 fully saturated rings. The number of hydrogen-bond donors (Lipinski definition) is 1. The summed E-state index contributed by atoms with van der Waals surface area (Å²) in [5, 5.41) is 1.35. The number of para-hydroxylation sites is 1. The molecule has 6 aromatic rings. The number of fused-ring (bicyclic) bond motifs is 11. The quantitative estimate of drug-likeness (QED) is 0.196. The number of aromatic amines is 1. The Labute approximate surface area is 288 Å². The number of rotatable bonds is 2. The Morgan fingerprint density at radius 1 is 0.633 bits per heavy atom. The average molecular weight is 633 g/mol. The molecule has 0 saturated carbocycles. The van der Waals surface area contributed by atoms with Gasteiger partial charge < -0.3 is 9.55 Å². The van der Waals surface area contributed by atoms with Gasteiger partial charge in [-0.25, -0.2) is 0 Å². The summed E-state index contributed by atoms with van der Waals surface area (Å²) in [4.78, 5) is 4.08. The van der Waals surface area contributed by atoms with E-state index >= 15 is 0 Å². The van der Waals surface area contributed by atoms with Crippen molar-refractivity contribution in [3.63, 3.8) is 0 Å². The topological polar surface area (TPSA) is 20.7 Å². The molecule has 4 unspecified atom stereocenters. The van der Waals surface area contributed by atoms with E-state index in [2.05, 4.69) is 140 Å². The minimum absolute atomic E-state index is 0.136. The van der Waals surface area contributed by atoms with E-state index in [1.807, 2.05) is 0 Å². The number of benzene rings is 4. The Morgan fingerprint density at radius 3 is 2.24 bits per heavy atom. The highest BCUT2D eigenvalue weighted by Gasteiger charge is 2.43. The standard InChI is InChI=1S/C47H40N2/c1-26-10-8-13-29-23-33-24-30(19-21-36(33)40(26)29)42-45-41-27(2)11-9-17-39(41)49(3)47(45)43(44-37-15-6-7-16-38(37)48-46(42)44)31-18-20-35-32(25-31)22-28-12-4-5-14-34(28)35/h4-9,12-21,24-27,42-43,48H,10-11,22-23H2,1-3H3. The Hall–Kier alpha value is -5.08. The van der Waals surface area contributed by atoms with E-state index in [1.54, 1.807) is 11.1 Å². The van der Waals surface area contributed by atoms with E-state index in [-0.39, 0.29) is 11.8 Å². The molecule has 1 N–H and O–H groups in total. The largest absolute Gasteiger partial charge is 0.357 e. The van der Waals surface area contributed by atoms with E-state index < -0.39 is 0 Å². The van der Waals surface area contributed by atoms with Gasteiger partial charge in [-0.1, -0.05) is 111 Å². The highest BCUT2D eigenvalue weighted by atomic mass is 15.0. The van der Waals surface area contributed by atoms with Crippen LogP contribution in [0.5, 0.6) is 0 Å². The lowest BCUT2D eigenvalue weighted by Crippen LogP contribution is -2.22. The fourth-order valence-corrected chi connectivity index (χ4v) is 10.6. The van der Waals surface area contributed by atoms with Gasteiger partial charge in [0.1, 0.15) is 0 Å². The van der Waals surface area contributed by atoms with Crippen molar-refractivity contribution >= 4 is 22.6 Å². The van der Waals surface area contributed by atoms with Gasteiger partial charge in [-0.3, -0.25) is 0 Å². The van der Waals surface area contributed by atoms with Crippen LogP contribution < -0.4 is 0 Å². The Bertz CT molecular complexity index is 2510. The second-order valence-electron chi connectivity index (χ2n) is 15.4. The molecule has 11 rings (SSSR count). The zero-order valence-corrected chi connectivity index (χ0v) is 28.5. The molecule has 2 aromatic heterocycles. The van der Waals surface area contributed by atoms with Crippen LogP contribution in [0.2, 0.25) is 0 Å². The van der Waals surface area contributed by atoms with Crippen molar-refractivity contribution in [3.05, 3.63) is 176 Å². The van der Waals surface area contributed by atoms with Crippen LogP contribution in [0, 0.1) is 5.92 Å². The van der Waals surface area contributed by atoms with Crippen LogP contribution in [0.1, 0.15) is 112 Å². The third-order valence-electron chi connectivity index (χ3n) is 12.7. The second kappa shape index (κ2) is 9.98. The fraction of sp³-hybridized carbons (Fsp3) is 0.234. The lowest BCUT2D eigenvalue weighted by Gasteiger charge is -2.33. The van der Waals surface area contributed by atoms with Crippen LogP contribution in [-0.4, -0.2) is 9.55 Å². The van der Waals surface area contributed by atoms with Gasteiger partial charge >= 0.3 is 0 Å². The first kappa shape index (κ1) is 27.8. The maximum Gasteiger partial charge on any atom is 0.0520 e. The van der Waals surface area contributed by atoms with Crippen molar-refractivity contribution in [3.8, 4) is 11.1 Å². The second-order valence-corrected chi connectivity index (χ2v) is 15.4. The van der Waals surface area contributed by atoms with Gasteiger partial charge in [0.2, 0.25) is 0 Å². The summed E-state index contributed by atoms with van der Waals surface area (Å²) >= 11 is 0. The van der Waals surface area contributed by atoms with E-state index in [0.29, 0.717) is 11.8 Å². The molecule has 4 atom stereocenters. The monoisotopic (exact) mass is 632 g/mol. The van der Waals surface area contributed by atoms with Crippen LogP contribution in [0.3, 0.4) is 0 Å². The smallest absolute Gasteiger partial charge is 0.0520 e. The first-order chi connectivity index (χ1) is 24.0. The lowest BCUT2D eigenvalue weighted by atomic mass is 9.70. The van der Waals surface area contributed by atoms with Crippen molar-refractivity contribution < 1.29 is 0 Å². The minimum atomic E-state index is 0.136. The van der Waals surface area contributed by atoms with Crippen LogP contribution in [0.15, 0.2) is 109 Å². The Balaban J connectivity index is 1.17. The van der Waals surface area contributed by atoms with E-state index in [9.17, 15) is 0 Å². The molecule has 4 aromatic carbocycles. The van der Waals surface area contributed by atoms with Crippen molar-refractivity contribution in [2.45, 2.75) is 57.3 Å². The van der Waals surface area contributed by atoms with Crippen molar-refractivity contribution in [1.82, 2.24) is 9.55 Å². The molecule has 5 aliphatic rings. The highest BCUT2D eigenvalue weighted by Crippen LogP contribution is 2.56. The Morgan fingerprint density at radius 2 is 1.35 bits per heavy atom. The number of aromatic nitrogens is 2. The van der Waals surface area contributed by atoms with Gasteiger partial charge in [0.15, 0.2) is 0 Å². The summed E-state index contributed by atoms with van der Waals surface area (Å²) in [5.74, 6) is 1.33. The fourth-order valence-electron chi connectivity index (χ4n) is 10.6. The first-order valence-corrected chi connectivity index (χ1v) is 18.3. The predicted octanol–water partition coefficient (Wildman–Crippen LogP) is 11.2. The summed E-state index contributed by atoms with van der Waals surface area (Å²) in [6, 6.07) is 32.9. The molecule has 2 heteroatoms. The zero-order valence-electron chi connectivity index (χ0n) is 28.5.